The fraction of sp³-hybridized carbons (Fsp3) is 0.316. The summed E-state index contributed by atoms with van der Waals surface area (Å²) in [6, 6.07) is 17.3. The van der Waals surface area contributed by atoms with E-state index < -0.39 is 0 Å². The number of hydrogen-bond donors (Lipinski definition) is 2. The summed E-state index contributed by atoms with van der Waals surface area (Å²) in [5.41, 5.74) is 0.736. The lowest BCUT2D eigenvalue weighted by molar-refractivity contribution is -0.117. The molecular formula is C19H22N2O3. The van der Waals surface area contributed by atoms with Crippen LogP contribution in [-0.4, -0.2) is 41.7 Å². The zero-order valence-electron chi connectivity index (χ0n) is 13.5. The SMILES string of the molecule is O=C(CN(CCO)C1CC1)Nc1ccc(Oc2ccccc2)cc1. The van der Waals surface area contributed by atoms with E-state index in [4.69, 9.17) is 9.84 Å². The smallest absolute Gasteiger partial charge is 0.238 e. The highest BCUT2D eigenvalue weighted by Gasteiger charge is 2.29. The van der Waals surface area contributed by atoms with E-state index in [2.05, 4.69) is 5.32 Å². The Morgan fingerprint density at radius 2 is 1.75 bits per heavy atom. The number of benzene rings is 2. The van der Waals surface area contributed by atoms with Gasteiger partial charge in [0.25, 0.3) is 0 Å². The van der Waals surface area contributed by atoms with Crippen LogP contribution in [0.4, 0.5) is 5.69 Å². The summed E-state index contributed by atoms with van der Waals surface area (Å²) in [5.74, 6) is 1.43. The van der Waals surface area contributed by atoms with Crippen LogP contribution in [0.25, 0.3) is 0 Å². The van der Waals surface area contributed by atoms with Crippen LogP contribution in [0, 0.1) is 0 Å². The topological polar surface area (TPSA) is 61.8 Å². The molecule has 3 rings (SSSR count). The number of hydrogen-bond acceptors (Lipinski definition) is 4. The number of aliphatic hydroxyl groups excluding tert-OH is 1. The van der Waals surface area contributed by atoms with Crippen LogP contribution < -0.4 is 10.1 Å². The number of anilines is 1. The van der Waals surface area contributed by atoms with Crippen LogP contribution >= 0.6 is 0 Å². The van der Waals surface area contributed by atoms with Crippen LogP contribution in [0.15, 0.2) is 54.6 Å². The van der Waals surface area contributed by atoms with Crippen LogP contribution in [0.3, 0.4) is 0 Å². The van der Waals surface area contributed by atoms with Gasteiger partial charge in [-0.2, -0.15) is 0 Å². The van der Waals surface area contributed by atoms with E-state index in [-0.39, 0.29) is 12.5 Å². The molecule has 5 heteroatoms. The molecule has 5 nitrogen and oxygen atoms in total. The van der Waals surface area contributed by atoms with Crippen molar-refractivity contribution in [3.05, 3.63) is 54.6 Å². The largest absolute Gasteiger partial charge is 0.457 e. The lowest BCUT2D eigenvalue weighted by Gasteiger charge is -2.20. The second-order valence-electron chi connectivity index (χ2n) is 5.91. The van der Waals surface area contributed by atoms with Gasteiger partial charge in [0, 0.05) is 18.3 Å². The summed E-state index contributed by atoms with van der Waals surface area (Å²) < 4.78 is 5.73. The molecule has 1 fully saturated rings. The molecule has 1 amide bonds. The van der Waals surface area contributed by atoms with Crippen molar-refractivity contribution in [3.8, 4) is 11.5 Å². The summed E-state index contributed by atoms with van der Waals surface area (Å²) in [5, 5.41) is 12.0. The number of nitrogens with zero attached hydrogens (tertiary/aromatic N) is 1. The second kappa shape index (κ2) is 7.95. The van der Waals surface area contributed by atoms with Crippen LogP contribution in [0.1, 0.15) is 12.8 Å². The first-order valence-corrected chi connectivity index (χ1v) is 8.22. The molecule has 0 aliphatic heterocycles. The van der Waals surface area contributed by atoms with E-state index in [9.17, 15) is 4.79 Å². The lowest BCUT2D eigenvalue weighted by Crippen LogP contribution is -2.36. The van der Waals surface area contributed by atoms with Gasteiger partial charge in [-0.15, -0.1) is 0 Å². The molecule has 2 N–H and O–H groups in total. The van der Waals surface area contributed by atoms with Gasteiger partial charge in [-0.05, 0) is 49.2 Å². The monoisotopic (exact) mass is 326 g/mol. The number of ether oxygens (including phenoxy) is 1. The summed E-state index contributed by atoms with van der Waals surface area (Å²) in [4.78, 5) is 14.2. The van der Waals surface area contributed by atoms with Gasteiger partial charge in [-0.3, -0.25) is 9.69 Å². The Kier molecular flexibility index (Phi) is 5.46. The number of carbonyl (C=O) groups is 1. The summed E-state index contributed by atoms with van der Waals surface area (Å²) >= 11 is 0. The van der Waals surface area contributed by atoms with Crippen molar-refractivity contribution < 1.29 is 14.6 Å². The minimum atomic E-state index is -0.0629. The molecule has 126 valence electrons. The Morgan fingerprint density at radius 3 is 2.38 bits per heavy atom. The molecule has 1 saturated carbocycles. The normalized spacial score (nSPS) is 13.8. The average molecular weight is 326 g/mol. The number of rotatable bonds is 8. The Balaban J connectivity index is 1.52. The first-order valence-electron chi connectivity index (χ1n) is 8.22. The van der Waals surface area contributed by atoms with Crippen molar-refractivity contribution in [2.75, 3.05) is 25.0 Å². The van der Waals surface area contributed by atoms with Crippen LogP contribution in [-0.2, 0) is 4.79 Å². The molecule has 2 aromatic rings. The average Bonchev–Trinajstić information content (AvgIpc) is 3.42. The predicted molar refractivity (Wildman–Crippen MR) is 93.3 cm³/mol. The highest BCUT2D eigenvalue weighted by molar-refractivity contribution is 5.92. The van der Waals surface area contributed by atoms with Gasteiger partial charge in [-0.25, -0.2) is 0 Å². The standard InChI is InChI=1S/C19H22N2O3/c22-13-12-21(16-8-9-16)14-19(23)20-15-6-10-18(11-7-15)24-17-4-2-1-3-5-17/h1-7,10-11,16,22H,8-9,12-14H2,(H,20,23). The maximum absolute atomic E-state index is 12.1. The van der Waals surface area contributed by atoms with Crippen LogP contribution in [0.2, 0.25) is 0 Å². The zero-order chi connectivity index (χ0) is 16.8. The van der Waals surface area contributed by atoms with E-state index in [1.807, 2.05) is 59.5 Å². The predicted octanol–water partition coefficient (Wildman–Crippen LogP) is 2.87. The number of amides is 1. The minimum absolute atomic E-state index is 0.0629. The molecule has 1 aliphatic rings. The van der Waals surface area contributed by atoms with Gasteiger partial charge >= 0.3 is 0 Å². The number of carbonyl (C=O) groups excluding carboxylic acids is 1. The van der Waals surface area contributed by atoms with Crippen LogP contribution in [0.5, 0.6) is 11.5 Å². The molecule has 0 aromatic heterocycles. The van der Waals surface area contributed by atoms with E-state index >= 15 is 0 Å². The molecule has 0 spiro atoms. The van der Waals surface area contributed by atoms with E-state index in [1.54, 1.807) is 0 Å². The minimum Gasteiger partial charge on any atom is -0.457 e. The van der Waals surface area contributed by atoms with E-state index in [0.29, 0.717) is 19.1 Å². The quantitative estimate of drug-likeness (QED) is 0.783. The van der Waals surface area contributed by atoms with Gasteiger partial charge in [0.1, 0.15) is 11.5 Å². The van der Waals surface area contributed by atoms with Gasteiger partial charge < -0.3 is 15.2 Å². The molecule has 0 saturated heterocycles. The first kappa shape index (κ1) is 16.5. The molecular weight excluding hydrogens is 304 g/mol. The van der Waals surface area contributed by atoms with Crippen molar-refractivity contribution in [3.63, 3.8) is 0 Å². The highest BCUT2D eigenvalue weighted by Crippen LogP contribution is 2.26. The number of aliphatic hydroxyl groups is 1. The molecule has 2 aromatic carbocycles. The van der Waals surface area contributed by atoms with Gasteiger partial charge in [0.2, 0.25) is 5.91 Å². The molecule has 1 aliphatic carbocycles. The summed E-state index contributed by atoms with van der Waals surface area (Å²) in [7, 11) is 0. The molecule has 0 atom stereocenters. The Bertz CT molecular complexity index is 654. The van der Waals surface area contributed by atoms with Gasteiger partial charge in [-0.1, -0.05) is 18.2 Å². The molecule has 0 unspecified atom stereocenters. The van der Waals surface area contributed by atoms with E-state index in [0.717, 1.165) is 30.0 Å². The fourth-order valence-corrected chi connectivity index (χ4v) is 2.57. The highest BCUT2D eigenvalue weighted by atomic mass is 16.5. The Morgan fingerprint density at radius 1 is 1.08 bits per heavy atom. The third kappa shape index (κ3) is 4.81. The van der Waals surface area contributed by atoms with Gasteiger partial charge in [0.05, 0.1) is 13.2 Å². The first-order chi connectivity index (χ1) is 11.7. The Labute approximate surface area is 141 Å². The number of para-hydroxylation sites is 1. The van der Waals surface area contributed by atoms with Crippen molar-refractivity contribution >= 4 is 11.6 Å². The molecule has 0 radical (unpaired) electrons. The number of nitrogens with one attached hydrogen (secondary N) is 1. The fourth-order valence-electron chi connectivity index (χ4n) is 2.57. The lowest BCUT2D eigenvalue weighted by atomic mass is 10.3. The van der Waals surface area contributed by atoms with E-state index in [1.165, 1.54) is 0 Å². The van der Waals surface area contributed by atoms with Gasteiger partial charge in [0.15, 0.2) is 0 Å². The molecule has 24 heavy (non-hydrogen) atoms. The summed E-state index contributed by atoms with van der Waals surface area (Å²) in [6.07, 6.45) is 2.22. The third-order valence-corrected chi connectivity index (χ3v) is 3.91. The molecule has 0 heterocycles. The molecule has 0 bridgehead atoms. The third-order valence-electron chi connectivity index (χ3n) is 3.91. The van der Waals surface area contributed by atoms with Crippen molar-refractivity contribution in [1.82, 2.24) is 4.90 Å². The van der Waals surface area contributed by atoms with Crippen molar-refractivity contribution in [2.24, 2.45) is 0 Å². The Hall–Kier alpha value is -2.37. The maximum Gasteiger partial charge on any atom is 0.238 e. The maximum atomic E-state index is 12.1. The second-order valence-corrected chi connectivity index (χ2v) is 5.91. The van der Waals surface area contributed by atoms with Crippen molar-refractivity contribution in [1.29, 1.82) is 0 Å². The zero-order valence-corrected chi connectivity index (χ0v) is 13.5. The van der Waals surface area contributed by atoms with Crippen molar-refractivity contribution in [2.45, 2.75) is 18.9 Å². The summed E-state index contributed by atoms with van der Waals surface area (Å²) in [6.45, 7) is 0.935.